The second-order valence-corrected chi connectivity index (χ2v) is 3.87. The summed E-state index contributed by atoms with van der Waals surface area (Å²) in [5.74, 6) is 1.44. The van der Waals surface area contributed by atoms with Gasteiger partial charge < -0.3 is 10.5 Å². The number of rotatable bonds is 4. The molecule has 2 nitrogen and oxygen atoms in total. The van der Waals surface area contributed by atoms with Crippen LogP contribution in [0.1, 0.15) is 18.0 Å². The molecule has 0 heterocycles. The molecule has 78 valence electrons. The molecule has 1 unspecified atom stereocenters. The first-order chi connectivity index (χ1) is 6.69. The first kappa shape index (κ1) is 11.7. The SMILES string of the molecule is COc1ccc(C(N)CCS)cc1Cl. The average Bonchev–Trinajstić information content (AvgIpc) is 2.18. The van der Waals surface area contributed by atoms with Gasteiger partial charge in [0.2, 0.25) is 0 Å². The highest BCUT2D eigenvalue weighted by Crippen LogP contribution is 2.27. The maximum Gasteiger partial charge on any atom is 0.137 e. The van der Waals surface area contributed by atoms with Gasteiger partial charge in [0.25, 0.3) is 0 Å². The van der Waals surface area contributed by atoms with Crippen LogP contribution in [0.25, 0.3) is 0 Å². The Bertz CT molecular complexity index is 306. The van der Waals surface area contributed by atoms with E-state index in [1.807, 2.05) is 18.2 Å². The predicted molar refractivity (Wildman–Crippen MR) is 63.4 cm³/mol. The molecule has 0 aliphatic carbocycles. The van der Waals surface area contributed by atoms with Crippen molar-refractivity contribution in [1.82, 2.24) is 0 Å². The second-order valence-electron chi connectivity index (χ2n) is 3.01. The molecule has 0 aromatic heterocycles. The zero-order valence-corrected chi connectivity index (χ0v) is 9.68. The fourth-order valence-electron chi connectivity index (χ4n) is 1.22. The summed E-state index contributed by atoms with van der Waals surface area (Å²) in [5.41, 5.74) is 6.94. The lowest BCUT2D eigenvalue weighted by Gasteiger charge is -2.12. The van der Waals surface area contributed by atoms with Crippen LogP contribution in [0.4, 0.5) is 0 Å². The van der Waals surface area contributed by atoms with Gasteiger partial charge in [-0.3, -0.25) is 0 Å². The number of nitrogens with two attached hydrogens (primary N) is 1. The fourth-order valence-corrected chi connectivity index (χ4v) is 1.76. The second kappa shape index (κ2) is 5.49. The van der Waals surface area contributed by atoms with Crippen molar-refractivity contribution in [2.45, 2.75) is 12.5 Å². The summed E-state index contributed by atoms with van der Waals surface area (Å²) in [6.45, 7) is 0. The molecule has 1 aromatic carbocycles. The largest absolute Gasteiger partial charge is 0.495 e. The smallest absolute Gasteiger partial charge is 0.137 e. The lowest BCUT2D eigenvalue weighted by Crippen LogP contribution is -2.10. The predicted octanol–water partition coefficient (Wildman–Crippen LogP) is 2.67. The van der Waals surface area contributed by atoms with Gasteiger partial charge in [0.15, 0.2) is 0 Å². The molecule has 0 radical (unpaired) electrons. The molecule has 4 heteroatoms. The van der Waals surface area contributed by atoms with E-state index in [1.54, 1.807) is 7.11 Å². The van der Waals surface area contributed by atoms with E-state index in [9.17, 15) is 0 Å². The minimum atomic E-state index is -0.00379. The first-order valence-corrected chi connectivity index (χ1v) is 5.40. The van der Waals surface area contributed by atoms with E-state index in [0.717, 1.165) is 17.7 Å². The van der Waals surface area contributed by atoms with E-state index >= 15 is 0 Å². The molecule has 0 fully saturated rings. The Morgan fingerprint density at radius 3 is 2.79 bits per heavy atom. The Labute approximate surface area is 94.8 Å². The van der Waals surface area contributed by atoms with E-state index in [2.05, 4.69) is 12.6 Å². The topological polar surface area (TPSA) is 35.2 Å². The summed E-state index contributed by atoms with van der Waals surface area (Å²) in [7, 11) is 1.59. The van der Waals surface area contributed by atoms with Crippen molar-refractivity contribution in [2.24, 2.45) is 5.73 Å². The van der Waals surface area contributed by atoms with Crippen molar-refractivity contribution in [3.63, 3.8) is 0 Å². The number of benzene rings is 1. The molecule has 0 spiro atoms. The van der Waals surface area contributed by atoms with Gasteiger partial charge in [0, 0.05) is 6.04 Å². The molecule has 14 heavy (non-hydrogen) atoms. The number of halogens is 1. The Morgan fingerprint density at radius 2 is 2.29 bits per heavy atom. The minimum Gasteiger partial charge on any atom is -0.495 e. The van der Waals surface area contributed by atoms with Crippen molar-refractivity contribution < 1.29 is 4.74 Å². The number of thiol groups is 1. The van der Waals surface area contributed by atoms with E-state index in [0.29, 0.717) is 10.8 Å². The highest BCUT2D eigenvalue weighted by Gasteiger charge is 2.07. The quantitative estimate of drug-likeness (QED) is 0.782. The van der Waals surface area contributed by atoms with Crippen molar-refractivity contribution in [3.8, 4) is 5.75 Å². The van der Waals surface area contributed by atoms with Crippen LogP contribution >= 0.6 is 24.2 Å². The lowest BCUT2D eigenvalue weighted by atomic mass is 10.1. The molecule has 0 aliphatic rings. The number of hydrogen-bond donors (Lipinski definition) is 2. The van der Waals surface area contributed by atoms with Crippen molar-refractivity contribution in [1.29, 1.82) is 0 Å². The van der Waals surface area contributed by atoms with Gasteiger partial charge in [-0.15, -0.1) is 0 Å². The van der Waals surface area contributed by atoms with E-state index in [-0.39, 0.29) is 6.04 Å². The van der Waals surface area contributed by atoms with Crippen molar-refractivity contribution >= 4 is 24.2 Å². The van der Waals surface area contributed by atoms with Crippen LogP contribution in [0.3, 0.4) is 0 Å². The minimum absolute atomic E-state index is 0.00379. The molecule has 0 saturated carbocycles. The maximum absolute atomic E-state index is 5.97. The van der Waals surface area contributed by atoms with Crippen LogP contribution < -0.4 is 10.5 Å². The molecule has 0 aliphatic heterocycles. The third-order valence-corrected chi connectivity index (χ3v) is 2.60. The van der Waals surface area contributed by atoms with Gasteiger partial charge in [-0.05, 0) is 29.9 Å². The zero-order valence-electron chi connectivity index (χ0n) is 8.03. The normalized spacial score (nSPS) is 12.6. The number of hydrogen-bond acceptors (Lipinski definition) is 3. The highest BCUT2D eigenvalue weighted by atomic mass is 35.5. The van der Waals surface area contributed by atoms with Crippen molar-refractivity contribution in [3.05, 3.63) is 28.8 Å². The Hall–Kier alpha value is -0.380. The lowest BCUT2D eigenvalue weighted by molar-refractivity contribution is 0.414. The monoisotopic (exact) mass is 231 g/mol. The summed E-state index contributed by atoms with van der Waals surface area (Å²) in [6, 6.07) is 5.60. The van der Waals surface area contributed by atoms with Crippen LogP contribution in [-0.4, -0.2) is 12.9 Å². The molecule has 0 amide bonds. The van der Waals surface area contributed by atoms with Gasteiger partial charge in [0.05, 0.1) is 12.1 Å². The van der Waals surface area contributed by atoms with Crippen LogP contribution in [-0.2, 0) is 0 Å². The molecule has 1 atom stereocenters. The average molecular weight is 232 g/mol. The molecule has 2 N–H and O–H groups in total. The molecular formula is C10H14ClNOS. The van der Waals surface area contributed by atoms with E-state index in [4.69, 9.17) is 22.1 Å². The summed E-state index contributed by atoms with van der Waals surface area (Å²) >= 11 is 10.1. The number of methoxy groups -OCH3 is 1. The van der Waals surface area contributed by atoms with Gasteiger partial charge in [-0.1, -0.05) is 17.7 Å². The van der Waals surface area contributed by atoms with Crippen LogP contribution in [0, 0.1) is 0 Å². The molecule has 1 rings (SSSR count). The third kappa shape index (κ3) is 2.80. The van der Waals surface area contributed by atoms with Gasteiger partial charge >= 0.3 is 0 Å². The Kier molecular flexibility index (Phi) is 4.58. The summed E-state index contributed by atoms with van der Waals surface area (Å²) in [5, 5.41) is 0.597. The molecule has 0 saturated heterocycles. The molecule has 1 aromatic rings. The third-order valence-electron chi connectivity index (χ3n) is 2.04. The zero-order chi connectivity index (χ0) is 10.6. The van der Waals surface area contributed by atoms with Gasteiger partial charge in [-0.2, -0.15) is 12.6 Å². The summed E-state index contributed by atoms with van der Waals surface area (Å²) in [4.78, 5) is 0. The fraction of sp³-hybridized carbons (Fsp3) is 0.400. The van der Waals surface area contributed by atoms with Crippen LogP contribution in [0.5, 0.6) is 5.75 Å². The van der Waals surface area contributed by atoms with Crippen molar-refractivity contribution in [2.75, 3.05) is 12.9 Å². The molecular weight excluding hydrogens is 218 g/mol. The highest BCUT2D eigenvalue weighted by molar-refractivity contribution is 7.80. The van der Waals surface area contributed by atoms with Gasteiger partial charge in [-0.25, -0.2) is 0 Å². The standard InChI is InChI=1S/C10H14ClNOS/c1-13-10-3-2-7(6-8(10)11)9(12)4-5-14/h2-3,6,9,14H,4-5,12H2,1H3. The van der Waals surface area contributed by atoms with E-state index < -0.39 is 0 Å². The summed E-state index contributed by atoms with van der Waals surface area (Å²) in [6.07, 6.45) is 0.839. The van der Waals surface area contributed by atoms with Gasteiger partial charge in [0.1, 0.15) is 5.75 Å². The van der Waals surface area contributed by atoms with E-state index in [1.165, 1.54) is 0 Å². The molecule has 0 bridgehead atoms. The van der Waals surface area contributed by atoms with Crippen LogP contribution in [0.2, 0.25) is 5.02 Å². The maximum atomic E-state index is 5.97. The Morgan fingerprint density at radius 1 is 1.57 bits per heavy atom. The Balaban J connectivity index is 2.85. The van der Waals surface area contributed by atoms with Crippen LogP contribution in [0.15, 0.2) is 18.2 Å². The first-order valence-electron chi connectivity index (χ1n) is 4.39. The number of ether oxygens (including phenoxy) is 1. The summed E-state index contributed by atoms with van der Waals surface area (Å²) < 4.78 is 5.05.